The lowest BCUT2D eigenvalue weighted by molar-refractivity contribution is 0.124. The maximum Gasteiger partial charge on any atom is 0.114 e. The number of aliphatic hydroxyl groups excluding tert-OH is 1. The van der Waals surface area contributed by atoms with Crippen LogP contribution in [0.1, 0.15) is 84.0 Å². The molecule has 0 radical (unpaired) electrons. The fourth-order valence-corrected chi connectivity index (χ4v) is 6.82. The number of likely N-dealkylation sites (tertiary alicyclic amines) is 1. The quantitative estimate of drug-likeness (QED) is 0.641. The third-order valence-corrected chi connectivity index (χ3v) is 8.47. The third kappa shape index (κ3) is 4.56. The number of alkyl halides is 1. The average molecular weight is 390 g/mol. The molecule has 2 nitrogen and oxygen atoms in total. The predicted molar refractivity (Wildman–Crippen MR) is 114 cm³/mol. The minimum atomic E-state index is -0.584. The molecule has 4 fully saturated rings. The lowest BCUT2D eigenvalue weighted by atomic mass is 9.62. The molecule has 1 aliphatic heterocycles. The van der Waals surface area contributed by atoms with E-state index in [1.54, 1.807) is 5.57 Å². The Kier molecular flexibility index (Phi) is 6.62. The lowest BCUT2D eigenvalue weighted by Gasteiger charge is -2.42. The highest BCUT2D eigenvalue weighted by Gasteiger charge is 2.48. The van der Waals surface area contributed by atoms with E-state index in [1.807, 2.05) is 0 Å². The molecule has 1 N–H and O–H groups in total. The minimum Gasteiger partial charge on any atom is -0.393 e. The van der Waals surface area contributed by atoms with Crippen LogP contribution in [0.25, 0.3) is 0 Å². The van der Waals surface area contributed by atoms with E-state index in [-0.39, 0.29) is 6.10 Å². The molecule has 0 bridgehead atoms. The molecule has 1 saturated heterocycles. The van der Waals surface area contributed by atoms with E-state index in [9.17, 15) is 9.50 Å². The van der Waals surface area contributed by atoms with Crippen molar-refractivity contribution in [2.45, 2.75) is 96.2 Å². The van der Waals surface area contributed by atoms with Crippen LogP contribution in [0.5, 0.6) is 0 Å². The Morgan fingerprint density at radius 2 is 2.04 bits per heavy atom. The predicted octanol–water partition coefficient (Wildman–Crippen LogP) is 5.81. The molecule has 5 unspecified atom stereocenters. The highest BCUT2D eigenvalue weighted by atomic mass is 19.1. The van der Waals surface area contributed by atoms with Crippen LogP contribution in [-0.2, 0) is 0 Å². The highest BCUT2D eigenvalue weighted by molar-refractivity contribution is 5.25. The minimum absolute atomic E-state index is 0.117. The van der Waals surface area contributed by atoms with Crippen LogP contribution in [0.2, 0.25) is 0 Å². The molecule has 4 aliphatic rings. The van der Waals surface area contributed by atoms with Gasteiger partial charge >= 0.3 is 0 Å². The van der Waals surface area contributed by atoms with Gasteiger partial charge in [0.05, 0.1) is 6.10 Å². The Morgan fingerprint density at radius 3 is 2.82 bits per heavy atom. The number of halogens is 1. The molecular formula is C25H40FNO. The molecule has 0 aromatic rings. The van der Waals surface area contributed by atoms with E-state index >= 15 is 0 Å². The molecule has 4 rings (SSSR count). The second-order valence-corrected chi connectivity index (χ2v) is 10.3. The summed E-state index contributed by atoms with van der Waals surface area (Å²) in [6, 6.07) is 0. The molecule has 5 atom stereocenters. The molecule has 0 aromatic carbocycles. The van der Waals surface area contributed by atoms with E-state index in [4.69, 9.17) is 0 Å². The van der Waals surface area contributed by atoms with Crippen molar-refractivity contribution < 1.29 is 9.50 Å². The molecule has 3 heteroatoms. The Balaban J connectivity index is 1.34. The highest BCUT2D eigenvalue weighted by Crippen LogP contribution is 2.58. The van der Waals surface area contributed by atoms with Crippen molar-refractivity contribution in [3.8, 4) is 0 Å². The number of nitrogens with zero attached hydrogens (tertiary/aromatic N) is 1. The van der Waals surface area contributed by atoms with Gasteiger partial charge in [-0.3, -0.25) is 0 Å². The first-order chi connectivity index (χ1) is 13.5. The number of fused-ring (bicyclic) bond motifs is 1. The molecule has 3 aliphatic carbocycles. The Labute approximate surface area is 171 Å². The van der Waals surface area contributed by atoms with Gasteiger partial charge in [0.15, 0.2) is 0 Å². The Morgan fingerprint density at radius 1 is 1.14 bits per heavy atom. The van der Waals surface area contributed by atoms with Crippen LogP contribution in [0.4, 0.5) is 4.39 Å². The summed E-state index contributed by atoms with van der Waals surface area (Å²) in [5, 5.41) is 9.93. The van der Waals surface area contributed by atoms with Gasteiger partial charge in [0.25, 0.3) is 0 Å². The van der Waals surface area contributed by atoms with Gasteiger partial charge in [0, 0.05) is 13.1 Å². The first kappa shape index (κ1) is 20.6. The van der Waals surface area contributed by atoms with Crippen molar-refractivity contribution in [3.05, 3.63) is 23.3 Å². The standard InChI is InChI=1S/C25H40FNO/c1-25-14-3-6-20(10-9-19-5-2-8-23(28)17-19)24(25)12-11-21(25)7-4-15-27-16-13-22(26)18-27/h9-10,21-24,28H,2-8,11-18H2,1H3/b19-9-,20-10+. The van der Waals surface area contributed by atoms with Crippen molar-refractivity contribution in [2.24, 2.45) is 17.3 Å². The van der Waals surface area contributed by atoms with Crippen LogP contribution in [0, 0.1) is 17.3 Å². The van der Waals surface area contributed by atoms with Crippen LogP contribution in [-0.4, -0.2) is 41.9 Å². The van der Waals surface area contributed by atoms with E-state index in [0.29, 0.717) is 12.0 Å². The summed E-state index contributed by atoms with van der Waals surface area (Å²) in [4.78, 5) is 2.33. The van der Waals surface area contributed by atoms with E-state index < -0.39 is 6.17 Å². The summed E-state index contributed by atoms with van der Waals surface area (Å²) in [6.45, 7) is 5.28. The summed E-state index contributed by atoms with van der Waals surface area (Å²) in [5.41, 5.74) is 3.61. The zero-order chi connectivity index (χ0) is 19.6. The number of hydrogen-bond donors (Lipinski definition) is 1. The zero-order valence-electron chi connectivity index (χ0n) is 17.8. The molecule has 0 spiro atoms. The molecule has 3 saturated carbocycles. The number of aliphatic hydroxyl groups is 1. The van der Waals surface area contributed by atoms with Gasteiger partial charge in [-0.05, 0) is 101 Å². The molecule has 0 aromatic heterocycles. The molecule has 0 amide bonds. The number of hydrogen-bond acceptors (Lipinski definition) is 2. The first-order valence-electron chi connectivity index (χ1n) is 12.0. The van der Waals surface area contributed by atoms with Gasteiger partial charge in [-0.15, -0.1) is 0 Å². The van der Waals surface area contributed by atoms with Gasteiger partial charge in [-0.25, -0.2) is 4.39 Å². The maximum atomic E-state index is 13.4. The van der Waals surface area contributed by atoms with Crippen molar-refractivity contribution in [1.82, 2.24) is 4.90 Å². The van der Waals surface area contributed by atoms with E-state index in [2.05, 4.69) is 24.0 Å². The third-order valence-electron chi connectivity index (χ3n) is 8.47. The molecular weight excluding hydrogens is 349 g/mol. The normalized spacial score (nSPS) is 42.4. The van der Waals surface area contributed by atoms with E-state index in [0.717, 1.165) is 50.6 Å². The van der Waals surface area contributed by atoms with Gasteiger partial charge < -0.3 is 10.0 Å². The van der Waals surface area contributed by atoms with Crippen molar-refractivity contribution >= 4 is 0 Å². The zero-order valence-corrected chi connectivity index (χ0v) is 17.8. The Hall–Kier alpha value is -0.670. The summed E-state index contributed by atoms with van der Waals surface area (Å²) >= 11 is 0. The van der Waals surface area contributed by atoms with Crippen LogP contribution >= 0.6 is 0 Å². The second kappa shape index (κ2) is 9.00. The van der Waals surface area contributed by atoms with Gasteiger partial charge in [-0.1, -0.05) is 30.2 Å². The van der Waals surface area contributed by atoms with Crippen LogP contribution in [0.15, 0.2) is 23.3 Å². The van der Waals surface area contributed by atoms with Gasteiger partial charge in [0.1, 0.15) is 6.17 Å². The monoisotopic (exact) mass is 389 g/mol. The summed E-state index contributed by atoms with van der Waals surface area (Å²) in [5.74, 6) is 1.60. The summed E-state index contributed by atoms with van der Waals surface area (Å²) in [7, 11) is 0. The van der Waals surface area contributed by atoms with Crippen LogP contribution in [0.3, 0.4) is 0 Å². The number of allylic oxidation sites excluding steroid dienone is 3. The van der Waals surface area contributed by atoms with Gasteiger partial charge in [-0.2, -0.15) is 0 Å². The summed E-state index contributed by atoms with van der Waals surface area (Å²) < 4.78 is 13.4. The maximum absolute atomic E-state index is 13.4. The summed E-state index contributed by atoms with van der Waals surface area (Å²) in [6.07, 6.45) is 18.3. The smallest absolute Gasteiger partial charge is 0.114 e. The van der Waals surface area contributed by atoms with Crippen molar-refractivity contribution in [1.29, 1.82) is 0 Å². The molecule has 28 heavy (non-hydrogen) atoms. The second-order valence-electron chi connectivity index (χ2n) is 10.3. The molecule has 1 heterocycles. The fourth-order valence-electron chi connectivity index (χ4n) is 6.82. The molecule has 158 valence electrons. The topological polar surface area (TPSA) is 23.5 Å². The number of rotatable bonds is 5. The lowest BCUT2D eigenvalue weighted by Crippen LogP contribution is -2.33. The first-order valence-corrected chi connectivity index (χ1v) is 12.0. The van der Waals surface area contributed by atoms with Crippen LogP contribution < -0.4 is 0 Å². The largest absolute Gasteiger partial charge is 0.393 e. The SMILES string of the molecule is CC12CCC/C(=C\C=C3\CCCC(O)C3)C1CCC2CCCN1CCC(F)C1. The van der Waals surface area contributed by atoms with Gasteiger partial charge in [0.2, 0.25) is 0 Å². The Bertz CT molecular complexity index is 599. The van der Waals surface area contributed by atoms with E-state index in [1.165, 1.54) is 56.9 Å². The fraction of sp³-hybridized carbons (Fsp3) is 0.840. The average Bonchev–Trinajstić information content (AvgIpc) is 3.23. The van der Waals surface area contributed by atoms with Crippen molar-refractivity contribution in [3.63, 3.8) is 0 Å². The van der Waals surface area contributed by atoms with Crippen molar-refractivity contribution in [2.75, 3.05) is 19.6 Å².